The smallest absolute Gasteiger partial charge is 0.258 e. The highest BCUT2D eigenvalue weighted by atomic mass is 16.6. The second-order valence-corrected chi connectivity index (χ2v) is 8.01. The molecule has 3 aromatic rings. The number of hydroxylamine groups is 1. The molecule has 1 heterocycles. The zero-order valence-corrected chi connectivity index (χ0v) is 18.8. The summed E-state index contributed by atoms with van der Waals surface area (Å²) in [6, 6.07) is 25.5. The van der Waals surface area contributed by atoms with Crippen LogP contribution in [0.5, 0.6) is 0 Å². The number of aliphatic hydroxyl groups is 1. The van der Waals surface area contributed by atoms with E-state index in [0.717, 1.165) is 11.1 Å². The second kappa shape index (κ2) is 10.8. The van der Waals surface area contributed by atoms with E-state index in [0.29, 0.717) is 16.8 Å². The summed E-state index contributed by atoms with van der Waals surface area (Å²) >= 11 is 0. The molecule has 0 radical (unpaired) electrons. The van der Waals surface area contributed by atoms with Gasteiger partial charge in [-0.3, -0.25) is 19.9 Å². The van der Waals surface area contributed by atoms with Gasteiger partial charge >= 0.3 is 0 Å². The molecule has 7 heteroatoms. The molecule has 2 amide bonds. The Bertz CT molecular complexity index is 1150. The van der Waals surface area contributed by atoms with Crippen molar-refractivity contribution in [2.75, 3.05) is 13.7 Å². The fraction of sp³-hybridized carbons (Fsp3) is 0.185. The van der Waals surface area contributed by atoms with Crippen LogP contribution in [0.25, 0.3) is 11.1 Å². The number of amides is 2. The van der Waals surface area contributed by atoms with Gasteiger partial charge in [-0.05, 0) is 28.8 Å². The Kier molecular flexibility index (Phi) is 7.37. The van der Waals surface area contributed by atoms with Crippen LogP contribution in [0.4, 0.5) is 0 Å². The van der Waals surface area contributed by atoms with E-state index >= 15 is 0 Å². The zero-order chi connectivity index (χ0) is 23.9. The number of nitrogens with zero attached hydrogens (tertiary/aromatic N) is 1. The van der Waals surface area contributed by atoms with Gasteiger partial charge in [-0.1, -0.05) is 72.8 Å². The molecule has 0 bridgehead atoms. The summed E-state index contributed by atoms with van der Waals surface area (Å²) in [6.45, 7) is 0.0419. The van der Waals surface area contributed by atoms with E-state index < -0.39 is 12.1 Å². The zero-order valence-electron chi connectivity index (χ0n) is 18.8. The lowest BCUT2D eigenvalue weighted by atomic mass is 10.0. The van der Waals surface area contributed by atoms with E-state index in [-0.39, 0.29) is 24.8 Å². The normalized spacial score (nSPS) is 16.0. The summed E-state index contributed by atoms with van der Waals surface area (Å²) in [5, 5.41) is 13.1. The predicted octanol–water partition coefficient (Wildman–Crippen LogP) is 3.41. The van der Waals surface area contributed by atoms with Crippen LogP contribution in [0.15, 0.2) is 96.8 Å². The number of aliphatic hydroxyl groups excluding tert-OH is 1. The molecule has 7 nitrogen and oxygen atoms in total. The van der Waals surface area contributed by atoms with Crippen LogP contribution in [0, 0.1) is 0 Å². The third-order valence-corrected chi connectivity index (χ3v) is 5.71. The predicted molar refractivity (Wildman–Crippen MR) is 129 cm³/mol. The molecule has 3 aromatic carbocycles. The van der Waals surface area contributed by atoms with Crippen LogP contribution in [-0.2, 0) is 9.63 Å². The van der Waals surface area contributed by atoms with Gasteiger partial charge in [0.05, 0.1) is 18.9 Å². The topological polar surface area (TPSA) is 90.9 Å². The van der Waals surface area contributed by atoms with Gasteiger partial charge in [0, 0.05) is 24.7 Å². The Labute approximate surface area is 198 Å². The van der Waals surface area contributed by atoms with Crippen LogP contribution in [-0.4, -0.2) is 41.5 Å². The number of carbonyl (C=O) groups excluding carboxylic acids is 2. The lowest BCUT2D eigenvalue weighted by molar-refractivity contribution is -0.125. The average molecular weight is 458 g/mol. The van der Waals surface area contributed by atoms with Crippen molar-refractivity contribution < 1.29 is 19.5 Å². The van der Waals surface area contributed by atoms with Crippen molar-refractivity contribution in [3.8, 4) is 11.1 Å². The molecule has 0 aromatic heterocycles. The van der Waals surface area contributed by atoms with E-state index in [9.17, 15) is 14.7 Å². The maximum Gasteiger partial charge on any atom is 0.258 e. The number of rotatable bonds is 8. The van der Waals surface area contributed by atoms with Crippen LogP contribution >= 0.6 is 0 Å². The van der Waals surface area contributed by atoms with Gasteiger partial charge in [0.25, 0.3) is 5.91 Å². The Hall–Kier alpha value is -3.94. The Morgan fingerprint density at radius 2 is 1.59 bits per heavy atom. The van der Waals surface area contributed by atoms with Gasteiger partial charge in [0.15, 0.2) is 0 Å². The summed E-state index contributed by atoms with van der Waals surface area (Å²) in [5.41, 5.74) is 6.57. The first-order valence-electron chi connectivity index (χ1n) is 11.1. The molecule has 2 atom stereocenters. The molecule has 174 valence electrons. The molecule has 0 aliphatic carbocycles. The van der Waals surface area contributed by atoms with E-state index in [1.807, 2.05) is 60.7 Å². The van der Waals surface area contributed by atoms with Crippen molar-refractivity contribution in [2.24, 2.45) is 0 Å². The SMILES string of the molecule is CONC1=CN(C(=O)c2ccc(-c3ccccc3)cc2)[C@H](C(=O)NC[C@@H](O)c2ccccc2)C1. The second-order valence-electron chi connectivity index (χ2n) is 8.01. The first-order valence-corrected chi connectivity index (χ1v) is 11.1. The van der Waals surface area contributed by atoms with Crippen molar-refractivity contribution in [2.45, 2.75) is 18.6 Å². The van der Waals surface area contributed by atoms with E-state index in [1.54, 1.807) is 30.5 Å². The highest BCUT2D eigenvalue weighted by Crippen LogP contribution is 2.25. The monoisotopic (exact) mass is 457 g/mol. The molecule has 0 fully saturated rings. The Balaban J connectivity index is 1.47. The number of nitrogens with one attached hydrogen (secondary N) is 2. The summed E-state index contributed by atoms with van der Waals surface area (Å²) < 4.78 is 0. The van der Waals surface area contributed by atoms with Crippen molar-refractivity contribution in [1.82, 2.24) is 15.7 Å². The van der Waals surface area contributed by atoms with Crippen molar-refractivity contribution >= 4 is 11.8 Å². The van der Waals surface area contributed by atoms with E-state index in [4.69, 9.17) is 4.84 Å². The minimum Gasteiger partial charge on any atom is -0.387 e. The van der Waals surface area contributed by atoms with E-state index in [1.165, 1.54) is 12.0 Å². The maximum atomic E-state index is 13.3. The van der Waals surface area contributed by atoms with Gasteiger partial charge < -0.3 is 15.3 Å². The average Bonchev–Trinajstić information content (AvgIpc) is 3.32. The molecule has 0 saturated heterocycles. The van der Waals surface area contributed by atoms with Crippen LogP contribution in [0.1, 0.15) is 28.4 Å². The van der Waals surface area contributed by atoms with Gasteiger partial charge in [-0.15, -0.1) is 0 Å². The standard InChI is InChI=1S/C27H27N3O4/c1-34-29-23-16-24(26(32)28-17-25(31)21-10-6-3-7-11-21)30(18-23)27(33)22-14-12-20(13-15-22)19-8-4-2-5-9-19/h2-15,18,24-25,29,31H,16-17H2,1H3,(H,28,32)/t24-,25+/m0/s1. The highest BCUT2D eigenvalue weighted by molar-refractivity contribution is 5.99. The molecule has 4 rings (SSSR count). The summed E-state index contributed by atoms with van der Waals surface area (Å²) in [5.74, 6) is -0.648. The highest BCUT2D eigenvalue weighted by Gasteiger charge is 2.35. The summed E-state index contributed by atoms with van der Waals surface area (Å²) in [6.07, 6.45) is 1.02. The summed E-state index contributed by atoms with van der Waals surface area (Å²) in [4.78, 5) is 32.7. The van der Waals surface area contributed by atoms with Gasteiger partial charge in [-0.2, -0.15) is 0 Å². The Morgan fingerprint density at radius 3 is 2.24 bits per heavy atom. The minimum atomic E-state index is -0.842. The lowest BCUT2D eigenvalue weighted by Crippen LogP contribution is -2.45. The number of benzene rings is 3. The van der Waals surface area contributed by atoms with Crippen molar-refractivity contribution in [3.05, 3.63) is 108 Å². The quantitative estimate of drug-likeness (QED) is 0.451. The van der Waals surface area contributed by atoms with Crippen molar-refractivity contribution in [1.29, 1.82) is 0 Å². The molecular weight excluding hydrogens is 430 g/mol. The van der Waals surface area contributed by atoms with Crippen LogP contribution in [0.2, 0.25) is 0 Å². The van der Waals surface area contributed by atoms with Gasteiger partial charge in [0.2, 0.25) is 5.91 Å². The molecule has 3 N–H and O–H groups in total. The number of hydrogen-bond acceptors (Lipinski definition) is 5. The fourth-order valence-corrected chi connectivity index (χ4v) is 3.93. The summed E-state index contributed by atoms with van der Waals surface area (Å²) in [7, 11) is 1.47. The fourth-order valence-electron chi connectivity index (χ4n) is 3.93. The molecule has 34 heavy (non-hydrogen) atoms. The van der Waals surface area contributed by atoms with E-state index in [2.05, 4.69) is 10.8 Å². The Morgan fingerprint density at radius 1 is 0.971 bits per heavy atom. The van der Waals surface area contributed by atoms with Crippen LogP contribution < -0.4 is 10.8 Å². The first kappa shape index (κ1) is 23.2. The number of carbonyl (C=O) groups is 2. The largest absolute Gasteiger partial charge is 0.387 e. The maximum absolute atomic E-state index is 13.3. The molecule has 1 aliphatic heterocycles. The van der Waals surface area contributed by atoms with Gasteiger partial charge in [0.1, 0.15) is 6.04 Å². The molecule has 0 unspecified atom stereocenters. The molecule has 0 spiro atoms. The minimum absolute atomic E-state index is 0.0419. The lowest BCUT2D eigenvalue weighted by Gasteiger charge is -2.23. The van der Waals surface area contributed by atoms with Crippen molar-refractivity contribution in [3.63, 3.8) is 0 Å². The third kappa shape index (κ3) is 5.33. The third-order valence-electron chi connectivity index (χ3n) is 5.71. The molecule has 1 aliphatic rings. The number of hydrogen-bond donors (Lipinski definition) is 3. The van der Waals surface area contributed by atoms with Crippen LogP contribution in [0.3, 0.4) is 0 Å². The van der Waals surface area contributed by atoms with Gasteiger partial charge in [-0.25, -0.2) is 0 Å². The first-order chi connectivity index (χ1) is 16.6. The molecule has 0 saturated carbocycles. The molecular formula is C27H27N3O4.